The van der Waals surface area contributed by atoms with Crippen LogP contribution >= 0.6 is 0 Å². The van der Waals surface area contributed by atoms with Crippen LogP contribution in [0.15, 0.2) is 0 Å². The second-order valence-electron chi connectivity index (χ2n) is 12.0. The van der Waals surface area contributed by atoms with E-state index in [0.717, 1.165) is 13.8 Å². The average Bonchev–Trinajstić information content (AvgIpc) is 3.07. The van der Waals surface area contributed by atoms with Gasteiger partial charge in [-0.15, -0.1) is 0 Å². The summed E-state index contributed by atoms with van der Waals surface area (Å²) in [5.41, 5.74) is 0. The van der Waals surface area contributed by atoms with Crippen molar-refractivity contribution in [2.45, 2.75) is 132 Å². The molecule has 0 aromatic rings. The number of carbonyl (C=O) groups excluding carboxylic acids is 3. The molecule has 15 atom stereocenters. The van der Waals surface area contributed by atoms with Gasteiger partial charge in [-0.3, -0.25) is 14.4 Å². The molecule has 3 saturated heterocycles. The largest absolute Gasteiger partial charge is 0.469 e. The topological polar surface area (TPSA) is 302 Å². The van der Waals surface area contributed by atoms with Crippen LogP contribution in [-0.4, -0.2) is 184 Å². The molecule has 0 aromatic carbocycles. The van der Waals surface area contributed by atoms with Crippen LogP contribution in [0.1, 0.15) is 39.5 Å². The number of aliphatic hydroxyl groups is 8. The van der Waals surface area contributed by atoms with E-state index >= 15 is 0 Å². The monoisotopic (exact) mass is 714 g/mol. The standard InChI is InChI=1S/C29H50N2O18/c1-12(35)30-18-23(41)20(38)14(9-32)45-27(18)48-25-22(40)16(11-34)47-29(44-8-6-4-5-7-17(37)43-3)26(25)49-28-19(31-13(2)36)24(42)21(39)15(10-33)46-28/h14-16,18-29,32-34,38-42H,4-11H2,1-3H3,(H,30,35)(H,31,36)/t14-,15-,16-,18-,19-,20-,21-,22+,23-,24-,25+,26-,27+,28+,29-/m1/s1. The van der Waals surface area contributed by atoms with Gasteiger partial charge in [-0.2, -0.15) is 0 Å². The van der Waals surface area contributed by atoms with Crippen molar-refractivity contribution in [2.75, 3.05) is 33.5 Å². The van der Waals surface area contributed by atoms with E-state index in [-0.39, 0.29) is 19.0 Å². The highest BCUT2D eigenvalue weighted by atomic mass is 16.8. The molecular formula is C29H50N2O18. The lowest BCUT2D eigenvalue weighted by atomic mass is 9.94. The fourth-order valence-corrected chi connectivity index (χ4v) is 5.81. The number of aliphatic hydroxyl groups excluding tert-OH is 8. The molecule has 10 N–H and O–H groups in total. The second-order valence-corrected chi connectivity index (χ2v) is 12.0. The molecule has 284 valence electrons. The third kappa shape index (κ3) is 10.7. The molecule has 0 radical (unpaired) electrons. The summed E-state index contributed by atoms with van der Waals surface area (Å²) in [4.78, 5) is 35.5. The maximum atomic E-state index is 12.1. The van der Waals surface area contributed by atoms with Crippen LogP contribution in [0.3, 0.4) is 0 Å². The third-order valence-corrected chi connectivity index (χ3v) is 8.42. The van der Waals surface area contributed by atoms with Crippen LogP contribution in [0, 0.1) is 0 Å². The van der Waals surface area contributed by atoms with Gasteiger partial charge in [0.1, 0.15) is 73.1 Å². The Labute approximate surface area is 282 Å². The van der Waals surface area contributed by atoms with Gasteiger partial charge in [-0.1, -0.05) is 6.42 Å². The molecule has 3 aliphatic heterocycles. The lowest BCUT2D eigenvalue weighted by molar-refractivity contribution is -0.379. The number of hydrogen-bond acceptors (Lipinski definition) is 18. The SMILES string of the molecule is COC(=O)CCCCCO[C@@H]1O[C@H](CO)[C@H](O)[C@H](O[C@@H]2O[C@H](CO)[C@@H](O)[C@H](O)[C@H]2NC(C)=O)[C@H]1O[C@@H]1O[C@H](CO)[C@@H](O)[C@H](O)[C@H]1NC(C)=O. The van der Waals surface area contributed by atoms with E-state index in [0.29, 0.717) is 19.3 Å². The number of ether oxygens (including phenoxy) is 7. The number of carbonyl (C=O) groups is 3. The molecule has 49 heavy (non-hydrogen) atoms. The van der Waals surface area contributed by atoms with Gasteiger partial charge in [0.2, 0.25) is 11.8 Å². The van der Waals surface area contributed by atoms with Crippen LogP contribution in [-0.2, 0) is 47.5 Å². The van der Waals surface area contributed by atoms with E-state index < -0.39 is 124 Å². The Morgan fingerprint density at radius 1 is 0.612 bits per heavy atom. The second kappa shape index (κ2) is 19.5. The normalized spacial score (nSPS) is 39.6. The molecule has 2 amide bonds. The first-order chi connectivity index (χ1) is 23.3. The van der Waals surface area contributed by atoms with E-state index in [1.807, 2.05) is 0 Å². The Hall–Kier alpha value is -2.15. The van der Waals surface area contributed by atoms with Gasteiger partial charge >= 0.3 is 5.97 Å². The van der Waals surface area contributed by atoms with Crippen LogP contribution < -0.4 is 10.6 Å². The van der Waals surface area contributed by atoms with Crippen LogP contribution in [0.2, 0.25) is 0 Å². The predicted molar refractivity (Wildman–Crippen MR) is 159 cm³/mol. The van der Waals surface area contributed by atoms with Gasteiger partial charge in [0.15, 0.2) is 18.9 Å². The van der Waals surface area contributed by atoms with E-state index in [1.165, 1.54) is 7.11 Å². The van der Waals surface area contributed by atoms with E-state index in [4.69, 9.17) is 28.4 Å². The summed E-state index contributed by atoms with van der Waals surface area (Å²) in [6.45, 7) is -0.0749. The molecule has 0 spiro atoms. The Morgan fingerprint density at radius 3 is 1.51 bits per heavy atom. The minimum absolute atomic E-state index is 0.0140. The van der Waals surface area contributed by atoms with Crippen molar-refractivity contribution < 1.29 is 88.4 Å². The zero-order valence-corrected chi connectivity index (χ0v) is 27.5. The molecule has 3 rings (SSSR count). The number of rotatable bonds is 16. The zero-order chi connectivity index (χ0) is 36.4. The minimum atomic E-state index is -1.75. The molecule has 0 aliphatic carbocycles. The average molecular weight is 715 g/mol. The summed E-state index contributed by atoms with van der Waals surface area (Å²) in [5, 5.41) is 88.5. The van der Waals surface area contributed by atoms with Crippen LogP contribution in [0.5, 0.6) is 0 Å². The molecule has 20 nitrogen and oxygen atoms in total. The summed E-state index contributed by atoms with van der Waals surface area (Å²) in [6.07, 6.45) is -19.2. The lowest BCUT2D eigenvalue weighted by Crippen LogP contribution is -2.70. The van der Waals surface area contributed by atoms with E-state index in [9.17, 15) is 55.2 Å². The molecule has 3 heterocycles. The first kappa shape index (κ1) is 41.3. The molecule has 0 aromatic heterocycles. The highest BCUT2D eigenvalue weighted by Gasteiger charge is 2.55. The van der Waals surface area contributed by atoms with Crippen molar-refractivity contribution >= 4 is 17.8 Å². The number of hydrogen-bond donors (Lipinski definition) is 10. The third-order valence-electron chi connectivity index (χ3n) is 8.42. The molecular weight excluding hydrogens is 664 g/mol. The molecule has 3 aliphatic rings. The Morgan fingerprint density at radius 2 is 1.06 bits per heavy atom. The summed E-state index contributed by atoms with van der Waals surface area (Å²) in [7, 11) is 1.27. The number of methoxy groups -OCH3 is 1. The van der Waals surface area contributed by atoms with Gasteiger partial charge in [-0.05, 0) is 12.8 Å². The Bertz CT molecular complexity index is 1060. The minimum Gasteiger partial charge on any atom is -0.469 e. The Balaban J connectivity index is 1.97. The molecule has 0 bridgehead atoms. The van der Waals surface area contributed by atoms with Crippen molar-refractivity contribution in [3.05, 3.63) is 0 Å². The quantitative estimate of drug-likeness (QED) is 0.0527. The van der Waals surface area contributed by atoms with Gasteiger partial charge in [0, 0.05) is 26.9 Å². The number of amides is 2. The lowest BCUT2D eigenvalue weighted by Gasteiger charge is -2.50. The maximum Gasteiger partial charge on any atom is 0.305 e. The predicted octanol–water partition coefficient (Wildman–Crippen LogP) is -5.53. The van der Waals surface area contributed by atoms with Gasteiger partial charge in [0.05, 0.1) is 26.9 Å². The molecule has 0 saturated carbocycles. The maximum absolute atomic E-state index is 12.1. The number of esters is 1. The molecule has 0 unspecified atom stereocenters. The van der Waals surface area contributed by atoms with Crippen molar-refractivity contribution in [1.29, 1.82) is 0 Å². The van der Waals surface area contributed by atoms with Gasteiger partial charge < -0.3 is 84.6 Å². The summed E-state index contributed by atoms with van der Waals surface area (Å²) in [6, 6.07) is -2.90. The van der Waals surface area contributed by atoms with Crippen LogP contribution in [0.25, 0.3) is 0 Å². The van der Waals surface area contributed by atoms with Crippen molar-refractivity contribution in [2.24, 2.45) is 0 Å². The summed E-state index contributed by atoms with van der Waals surface area (Å²) in [5.74, 6) is -1.70. The van der Waals surface area contributed by atoms with E-state index in [1.54, 1.807) is 0 Å². The summed E-state index contributed by atoms with van der Waals surface area (Å²) >= 11 is 0. The van der Waals surface area contributed by atoms with Crippen molar-refractivity contribution in [1.82, 2.24) is 10.6 Å². The van der Waals surface area contributed by atoms with Gasteiger partial charge in [-0.25, -0.2) is 0 Å². The highest BCUT2D eigenvalue weighted by molar-refractivity contribution is 5.73. The first-order valence-electron chi connectivity index (χ1n) is 16.0. The van der Waals surface area contributed by atoms with Crippen molar-refractivity contribution in [3.63, 3.8) is 0 Å². The smallest absolute Gasteiger partial charge is 0.305 e. The Kier molecular flexibility index (Phi) is 16.4. The van der Waals surface area contributed by atoms with Crippen molar-refractivity contribution in [3.8, 4) is 0 Å². The molecule has 20 heteroatoms. The fourth-order valence-electron chi connectivity index (χ4n) is 5.81. The van der Waals surface area contributed by atoms with E-state index in [2.05, 4.69) is 15.4 Å². The first-order valence-corrected chi connectivity index (χ1v) is 16.0. The molecule has 3 fully saturated rings. The number of nitrogens with one attached hydrogen (secondary N) is 2. The van der Waals surface area contributed by atoms with Gasteiger partial charge in [0.25, 0.3) is 0 Å². The number of unbranched alkanes of at least 4 members (excludes halogenated alkanes) is 2. The summed E-state index contributed by atoms with van der Waals surface area (Å²) < 4.78 is 40.1. The highest BCUT2D eigenvalue weighted by Crippen LogP contribution is 2.34. The zero-order valence-electron chi connectivity index (χ0n) is 27.5. The fraction of sp³-hybridized carbons (Fsp3) is 0.897. The van der Waals surface area contributed by atoms with Crippen LogP contribution in [0.4, 0.5) is 0 Å².